The summed E-state index contributed by atoms with van der Waals surface area (Å²) in [5.41, 5.74) is 0. The van der Waals surface area contributed by atoms with Gasteiger partial charge in [0.15, 0.2) is 0 Å². The van der Waals surface area contributed by atoms with E-state index in [1.807, 2.05) is 6.08 Å². The average Bonchev–Trinajstić information content (AvgIpc) is 2.72. The monoisotopic (exact) mass is 411 g/mol. The molecule has 0 bridgehead atoms. The standard InChI is InChI=1S/C25H49NO3/c1-3-5-7-8-9-10-11-12-13-14-15-16-17-19-20-24(28)23(22-27)26-25(29)21-18-6-4-2/h19-20,23-24,27-28H,3-18,21-22H2,1-2H3,(H,26,29)/b20-19+/t23-,24+/m1/s1. The first-order valence-electron chi connectivity index (χ1n) is 12.4. The molecule has 0 fully saturated rings. The zero-order chi connectivity index (χ0) is 21.6. The van der Waals surface area contributed by atoms with E-state index in [1.165, 1.54) is 70.6 Å². The van der Waals surface area contributed by atoms with Crippen molar-refractivity contribution in [1.82, 2.24) is 5.32 Å². The molecular weight excluding hydrogens is 362 g/mol. The third-order valence-electron chi connectivity index (χ3n) is 5.52. The lowest BCUT2D eigenvalue weighted by molar-refractivity contribution is -0.123. The zero-order valence-corrected chi connectivity index (χ0v) is 19.3. The molecule has 0 aromatic heterocycles. The third kappa shape index (κ3) is 18.9. The molecule has 0 aromatic carbocycles. The van der Waals surface area contributed by atoms with Crippen molar-refractivity contribution in [3.63, 3.8) is 0 Å². The van der Waals surface area contributed by atoms with Gasteiger partial charge in [-0.15, -0.1) is 0 Å². The van der Waals surface area contributed by atoms with E-state index in [2.05, 4.69) is 19.2 Å². The van der Waals surface area contributed by atoms with Crippen LogP contribution in [0.2, 0.25) is 0 Å². The van der Waals surface area contributed by atoms with Crippen molar-refractivity contribution < 1.29 is 15.0 Å². The highest BCUT2D eigenvalue weighted by Crippen LogP contribution is 2.12. The van der Waals surface area contributed by atoms with Crippen LogP contribution in [-0.4, -0.2) is 34.9 Å². The minimum absolute atomic E-state index is 0.0918. The van der Waals surface area contributed by atoms with E-state index in [0.717, 1.165) is 32.1 Å². The van der Waals surface area contributed by atoms with E-state index in [9.17, 15) is 15.0 Å². The van der Waals surface area contributed by atoms with Crippen LogP contribution < -0.4 is 5.32 Å². The molecule has 1 amide bonds. The summed E-state index contributed by atoms with van der Waals surface area (Å²) in [4.78, 5) is 11.8. The molecule has 0 saturated carbocycles. The molecule has 29 heavy (non-hydrogen) atoms. The topological polar surface area (TPSA) is 69.6 Å². The minimum atomic E-state index is -0.826. The Labute approximate surface area is 180 Å². The second kappa shape index (κ2) is 21.8. The van der Waals surface area contributed by atoms with E-state index < -0.39 is 12.1 Å². The van der Waals surface area contributed by atoms with Crippen molar-refractivity contribution in [3.05, 3.63) is 12.2 Å². The molecule has 0 spiro atoms. The number of hydrogen-bond donors (Lipinski definition) is 3. The second-order valence-electron chi connectivity index (χ2n) is 8.41. The van der Waals surface area contributed by atoms with Crippen molar-refractivity contribution in [2.75, 3.05) is 6.61 Å². The van der Waals surface area contributed by atoms with Gasteiger partial charge in [0.05, 0.1) is 18.8 Å². The highest BCUT2D eigenvalue weighted by molar-refractivity contribution is 5.76. The van der Waals surface area contributed by atoms with Crippen LogP contribution in [-0.2, 0) is 4.79 Å². The number of rotatable bonds is 21. The van der Waals surface area contributed by atoms with Crippen LogP contribution in [0.25, 0.3) is 0 Å². The molecule has 0 radical (unpaired) electrons. The number of amides is 1. The summed E-state index contributed by atoms with van der Waals surface area (Å²) in [6, 6.07) is -0.609. The Kier molecular flexibility index (Phi) is 21.2. The molecule has 0 saturated heterocycles. The Morgan fingerprint density at radius 1 is 0.793 bits per heavy atom. The van der Waals surface area contributed by atoms with Gasteiger partial charge in [-0.05, 0) is 19.3 Å². The first kappa shape index (κ1) is 28.1. The highest BCUT2D eigenvalue weighted by Gasteiger charge is 2.17. The first-order valence-corrected chi connectivity index (χ1v) is 12.4. The Morgan fingerprint density at radius 2 is 1.28 bits per heavy atom. The van der Waals surface area contributed by atoms with E-state index in [1.54, 1.807) is 6.08 Å². The molecule has 4 nitrogen and oxygen atoms in total. The quantitative estimate of drug-likeness (QED) is 0.159. The van der Waals surface area contributed by atoms with E-state index in [4.69, 9.17) is 0 Å². The predicted octanol–water partition coefficient (Wildman–Crippen LogP) is 6.05. The predicted molar refractivity (Wildman–Crippen MR) is 124 cm³/mol. The Hall–Kier alpha value is -0.870. The SMILES string of the molecule is CCCCCCCCCCCCCC/C=C/[C@H](O)[C@@H](CO)NC(=O)CCCCC. The maximum atomic E-state index is 11.8. The summed E-state index contributed by atoms with van der Waals surface area (Å²) in [5.74, 6) is -0.0918. The number of unbranched alkanes of at least 4 members (excludes halogenated alkanes) is 14. The van der Waals surface area contributed by atoms with Crippen molar-refractivity contribution in [2.24, 2.45) is 0 Å². The minimum Gasteiger partial charge on any atom is -0.394 e. The molecule has 0 aliphatic heterocycles. The molecular formula is C25H49NO3. The van der Waals surface area contributed by atoms with Crippen LogP contribution in [0.3, 0.4) is 0 Å². The van der Waals surface area contributed by atoms with Gasteiger partial charge in [0.1, 0.15) is 0 Å². The fourth-order valence-electron chi connectivity index (χ4n) is 3.53. The normalized spacial score (nSPS) is 13.7. The van der Waals surface area contributed by atoms with E-state index in [0.29, 0.717) is 6.42 Å². The number of aliphatic hydroxyl groups is 2. The summed E-state index contributed by atoms with van der Waals surface area (Å²) in [6.07, 6.45) is 23.3. The lowest BCUT2D eigenvalue weighted by Crippen LogP contribution is -2.45. The van der Waals surface area contributed by atoms with Gasteiger partial charge in [-0.25, -0.2) is 0 Å². The fourth-order valence-corrected chi connectivity index (χ4v) is 3.53. The summed E-state index contributed by atoms with van der Waals surface area (Å²) in [5, 5.41) is 22.3. The maximum absolute atomic E-state index is 11.8. The van der Waals surface area contributed by atoms with Crippen LogP contribution in [0.1, 0.15) is 123 Å². The van der Waals surface area contributed by atoms with E-state index >= 15 is 0 Å². The molecule has 0 heterocycles. The van der Waals surface area contributed by atoms with E-state index in [-0.39, 0.29) is 12.5 Å². The Balaban J connectivity index is 3.62. The number of carbonyl (C=O) groups excluding carboxylic acids is 1. The Morgan fingerprint density at radius 3 is 1.79 bits per heavy atom. The van der Waals surface area contributed by atoms with Crippen LogP contribution in [0, 0.1) is 0 Å². The smallest absolute Gasteiger partial charge is 0.220 e. The molecule has 2 atom stereocenters. The average molecular weight is 412 g/mol. The molecule has 0 aliphatic carbocycles. The molecule has 0 aromatic rings. The van der Waals surface area contributed by atoms with Crippen LogP contribution in [0.5, 0.6) is 0 Å². The molecule has 4 heteroatoms. The van der Waals surface area contributed by atoms with Gasteiger partial charge in [-0.2, -0.15) is 0 Å². The Bertz CT molecular complexity index is 384. The van der Waals surface area contributed by atoms with Crippen LogP contribution in [0.15, 0.2) is 12.2 Å². The fraction of sp³-hybridized carbons (Fsp3) is 0.880. The van der Waals surface area contributed by atoms with Crippen molar-refractivity contribution in [2.45, 2.75) is 135 Å². The third-order valence-corrected chi connectivity index (χ3v) is 5.52. The molecule has 172 valence electrons. The number of hydrogen-bond acceptors (Lipinski definition) is 3. The zero-order valence-electron chi connectivity index (χ0n) is 19.3. The van der Waals surface area contributed by atoms with Gasteiger partial charge in [-0.3, -0.25) is 4.79 Å². The highest BCUT2D eigenvalue weighted by atomic mass is 16.3. The summed E-state index contributed by atoms with van der Waals surface area (Å²) in [6.45, 7) is 4.11. The van der Waals surface area contributed by atoms with Crippen molar-refractivity contribution >= 4 is 5.91 Å². The number of nitrogens with one attached hydrogen (secondary N) is 1. The van der Waals surface area contributed by atoms with Crippen LogP contribution >= 0.6 is 0 Å². The largest absolute Gasteiger partial charge is 0.394 e. The lowest BCUT2D eigenvalue weighted by Gasteiger charge is -2.19. The lowest BCUT2D eigenvalue weighted by atomic mass is 10.0. The van der Waals surface area contributed by atoms with Crippen molar-refractivity contribution in [1.29, 1.82) is 0 Å². The molecule has 0 rings (SSSR count). The summed E-state index contributed by atoms with van der Waals surface area (Å²) in [7, 11) is 0. The molecule has 3 N–H and O–H groups in total. The van der Waals surface area contributed by atoms with Gasteiger partial charge < -0.3 is 15.5 Å². The second-order valence-corrected chi connectivity index (χ2v) is 8.41. The number of carbonyl (C=O) groups is 1. The first-order chi connectivity index (χ1) is 14.2. The summed E-state index contributed by atoms with van der Waals surface area (Å²) < 4.78 is 0. The number of allylic oxidation sites excluding steroid dienone is 1. The van der Waals surface area contributed by atoms with Gasteiger partial charge in [0.25, 0.3) is 0 Å². The maximum Gasteiger partial charge on any atom is 0.220 e. The molecule has 0 aliphatic rings. The van der Waals surface area contributed by atoms with Gasteiger partial charge in [0.2, 0.25) is 5.91 Å². The summed E-state index contributed by atoms with van der Waals surface area (Å²) >= 11 is 0. The van der Waals surface area contributed by atoms with Crippen LogP contribution in [0.4, 0.5) is 0 Å². The van der Waals surface area contributed by atoms with Gasteiger partial charge >= 0.3 is 0 Å². The van der Waals surface area contributed by atoms with Gasteiger partial charge in [-0.1, -0.05) is 109 Å². The van der Waals surface area contributed by atoms with Gasteiger partial charge in [0, 0.05) is 6.42 Å². The number of aliphatic hydroxyl groups excluding tert-OH is 2. The molecule has 0 unspecified atom stereocenters. The van der Waals surface area contributed by atoms with Crippen molar-refractivity contribution in [3.8, 4) is 0 Å².